The summed E-state index contributed by atoms with van der Waals surface area (Å²) in [6.07, 6.45) is 4.03. The molecule has 1 aliphatic rings. The van der Waals surface area contributed by atoms with Crippen molar-refractivity contribution < 1.29 is 15.0 Å². The molecule has 1 rings (SSSR count). The Morgan fingerprint density at radius 3 is 2.53 bits per heavy atom. The van der Waals surface area contributed by atoms with Gasteiger partial charge in [0.1, 0.15) is 0 Å². The molecule has 0 saturated heterocycles. The maximum Gasteiger partial charge on any atom is 0.307 e. The topological polar surface area (TPSA) is 57.5 Å². The molecule has 0 aromatic rings. The van der Waals surface area contributed by atoms with Crippen LogP contribution >= 0.6 is 0 Å². The van der Waals surface area contributed by atoms with Gasteiger partial charge in [-0.2, -0.15) is 0 Å². The molecule has 88 valence electrons. The fourth-order valence-electron chi connectivity index (χ4n) is 2.86. The van der Waals surface area contributed by atoms with Gasteiger partial charge in [-0.25, -0.2) is 0 Å². The van der Waals surface area contributed by atoms with Gasteiger partial charge >= 0.3 is 5.97 Å². The van der Waals surface area contributed by atoms with E-state index < -0.39 is 5.97 Å². The summed E-state index contributed by atoms with van der Waals surface area (Å²) in [6.45, 7) is 4.10. The summed E-state index contributed by atoms with van der Waals surface area (Å²) >= 11 is 0. The molecule has 4 unspecified atom stereocenters. The van der Waals surface area contributed by atoms with E-state index in [0.717, 1.165) is 25.7 Å². The van der Waals surface area contributed by atoms with Gasteiger partial charge in [-0.15, -0.1) is 0 Å². The molecule has 0 heterocycles. The molecule has 15 heavy (non-hydrogen) atoms. The maximum atomic E-state index is 11.2. The minimum Gasteiger partial charge on any atom is -0.481 e. The zero-order chi connectivity index (χ0) is 11.4. The van der Waals surface area contributed by atoms with Gasteiger partial charge in [-0.05, 0) is 31.1 Å². The summed E-state index contributed by atoms with van der Waals surface area (Å²) in [5.74, 6) is -0.543. The maximum absolute atomic E-state index is 11.2. The highest BCUT2D eigenvalue weighted by Gasteiger charge is 2.36. The molecule has 2 N–H and O–H groups in total. The average Bonchev–Trinajstić information content (AvgIpc) is 2.51. The Morgan fingerprint density at radius 2 is 2.13 bits per heavy atom. The van der Waals surface area contributed by atoms with Gasteiger partial charge in [0.05, 0.1) is 12.0 Å². The molecular formula is C12H22O3. The predicted molar refractivity (Wildman–Crippen MR) is 58.5 cm³/mol. The van der Waals surface area contributed by atoms with Gasteiger partial charge in [0.15, 0.2) is 0 Å². The lowest BCUT2D eigenvalue weighted by molar-refractivity contribution is -0.146. The van der Waals surface area contributed by atoms with Crippen molar-refractivity contribution in [3.8, 4) is 0 Å². The number of aliphatic carboxylic acids is 1. The zero-order valence-electron chi connectivity index (χ0n) is 9.65. The number of carboxylic acids is 1. The van der Waals surface area contributed by atoms with Crippen molar-refractivity contribution in [3.63, 3.8) is 0 Å². The molecule has 4 atom stereocenters. The van der Waals surface area contributed by atoms with Crippen molar-refractivity contribution in [2.75, 3.05) is 0 Å². The van der Waals surface area contributed by atoms with E-state index in [9.17, 15) is 15.0 Å². The lowest BCUT2D eigenvalue weighted by Gasteiger charge is -2.25. The molecule has 0 aromatic heterocycles. The molecule has 3 nitrogen and oxygen atoms in total. The standard InChI is InChI=1S/C12H22O3/c1-3-4-8(2)11(12(14)15)9-5-6-10(13)7-9/h8-11,13H,3-7H2,1-2H3,(H,14,15). The van der Waals surface area contributed by atoms with Gasteiger partial charge in [0.2, 0.25) is 0 Å². The molecule has 0 amide bonds. The highest BCUT2D eigenvalue weighted by atomic mass is 16.4. The third-order valence-corrected chi connectivity index (χ3v) is 3.60. The van der Waals surface area contributed by atoms with Crippen LogP contribution in [0.1, 0.15) is 46.0 Å². The van der Waals surface area contributed by atoms with Crippen LogP contribution in [0.2, 0.25) is 0 Å². The summed E-state index contributed by atoms with van der Waals surface area (Å²) in [7, 11) is 0. The fraction of sp³-hybridized carbons (Fsp3) is 0.917. The Labute approximate surface area is 91.5 Å². The first-order valence-electron chi connectivity index (χ1n) is 5.97. The smallest absolute Gasteiger partial charge is 0.307 e. The Kier molecular flexibility index (Phi) is 4.58. The number of aliphatic hydroxyl groups excluding tert-OH is 1. The van der Waals surface area contributed by atoms with Gasteiger partial charge < -0.3 is 10.2 Å². The van der Waals surface area contributed by atoms with E-state index in [-0.39, 0.29) is 23.9 Å². The summed E-state index contributed by atoms with van der Waals surface area (Å²) in [5.41, 5.74) is 0. The lowest BCUT2D eigenvalue weighted by atomic mass is 9.79. The number of carboxylic acid groups (broad SMARTS) is 1. The number of hydrogen-bond donors (Lipinski definition) is 2. The Hall–Kier alpha value is -0.570. The first kappa shape index (κ1) is 12.5. The average molecular weight is 214 g/mol. The SMILES string of the molecule is CCCC(C)C(C(=O)O)C1CCC(O)C1. The monoisotopic (exact) mass is 214 g/mol. The van der Waals surface area contributed by atoms with E-state index in [1.54, 1.807) is 0 Å². The third-order valence-electron chi connectivity index (χ3n) is 3.60. The van der Waals surface area contributed by atoms with Crippen molar-refractivity contribution >= 4 is 5.97 Å². The van der Waals surface area contributed by atoms with Crippen molar-refractivity contribution in [1.29, 1.82) is 0 Å². The van der Waals surface area contributed by atoms with Crippen LogP contribution in [0, 0.1) is 17.8 Å². The molecule has 1 saturated carbocycles. The number of aliphatic hydroxyl groups is 1. The minimum absolute atomic E-state index is 0.180. The van der Waals surface area contributed by atoms with Gasteiger partial charge in [-0.1, -0.05) is 26.7 Å². The van der Waals surface area contributed by atoms with Crippen LogP contribution in [-0.2, 0) is 4.79 Å². The van der Waals surface area contributed by atoms with E-state index >= 15 is 0 Å². The van der Waals surface area contributed by atoms with E-state index in [4.69, 9.17) is 0 Å². The van der Waals surface area contributed by atoms with Crippen molar-refractivity contribution in [2.24, 2.45) is 17.8 Å². The second kappa shape index (κ2) is 5.50. The first-order valence-corrected chi connectivity index (χ1v) is 5.97. The molecule has 0 bridgehead atoms. The molecule has 0 aromatic carbocycles. The zero-order valence-corrected chi connectivity index (χ0v) is 9.65. The fourth-order valence-corrected chi connectivity index (χ4v) is 2.86. The van der Waals surface area contributed by atoms with Gasteiger partial charge in [0, 0.05) is 0 Å². The summed E-state index contributed by atoms with van der Waals surface area (Å²) < 4.78 is 0. The van der Waals surface area contributed by atoms with Crippen molar-refractivity contribution in [3.05, 3.63) is 0 Å². The first-order chi connectivity index (χ1) is 7.06. The molecule has 0 spiro atoms. The van der Waals surface area contributed by atoms with Crippen LogP contribution in [0.4, 0.5) is 0 Å². The second-order valence-corrected chi connectivity index (χ2v) is 4.86. The van der Waals surface area contributed by atoms with Crippen LogP contribution in [0.5, 0.6) is 0 Å². The molecule has 1 aliphatic carbocycles. The number of hydrogen-bond acceptors (Lipinski definition) is 2. The minimum atomic E-state index is -0.685. The summed E-state index contributed by atoms with van der Waals surface area (Å²) in [5, 5.41) is 18.7. The Bertz CT molecular complexity index is 215. The van der Waals surface area contributed by atoms with Crippen molar-refractivity contribution in [1.82, 2.24) is 0 Å². The molecular weight excluding hydrogens is 192 g/mol. The third kappa shape index (κ3) is 3.20. The molecule has 1 fully saturated rings. The van der Waals surface area contributed by atoms with Gasteiger partial charge in [0.25, 0.3) is 0 Å². The van der Waals surface area contributed by atoms with Crippen LogP contribution in [0.3, 0.4) is 0 Å². The normalized spacial score (nSPS) is 30.1. The van der Waals surface area contributed by atoms with E-state index in [2.05, 4.69) is 6.92 Å². The molecule has 0 aliphatic heterocycles. The Balaban J connectivity index is 2.61. The second-order valence-electron chi connectivity index (χ2n) is 4.86. The van der Waals surface area contributed by atoms with Crippen LogP contribution in [-0.4, -0.2) is 22.3 Å². The van der Waals surface area contributed by atoms with Gasteiger partial charge in [-0.3, -0.25) is 4.79 Å². The number of carbonyl (C=O) groups is 1. The van der Waals surface area contributed by atoms with Crippen LogP contribution in [0.15, 0.2) is 0 Å². The summed E-state index contributed by atoms with van der Waals surface area (Å²) in [6, 6.07) is 0. The lowest BCUT2D eigenvalue weighted by Crippen LogP contribution is -2.28. The van der Waals surface area contributed by atoms with E-state index in [1.165, 1.54) is 0 Å². The quantitative estimate of drug-likeness (QED) is 0.738. The van der Waals surface area contributed by atoms with Crippen LogP contribution in [0.25, 0.3) is 0 Å². The highest BCUT2D eigenvalue weighted by molar-refractivity contribution is 5.70. The van der Waals surface area contributed by atoms with E-state index in [1.807, 2.05) is 6.92 Å². The van der Waals surface area contributed by atoms with Crippen molar-refractivity contribution in [2.45, 2.75) is 52.1 Å². The van der Waals surface area contributed by atoms with E-state index in [0.29, 0.717) is 6.42 Å². The predicted octanol–water partition coefficient (Wildman–Crippen LogP) is 2.28. The summed E-state index contributed by atoms with van der Waals surface area (Å²) in [4.78, 5) is 11.2. The molecule has 0 radical (unpaired) electrons. The Morgan fingerprint density at radius 1 is 1.47 bits per heavy atom. The van der Waals surface area contributed by atoms with Crippen LogP contribution < -0.4 is 0 Å². The largest absolute Gasteiger partial charge is 0.481 e. The number of rotatable bonds is 5. The molecule has 3 heteroatoms. The highest BCUT2D eigenvalue weighted by Crippen LogP contribution is 2.37.